The Bertz CT molecular complexity index is 913. The van der Waals surface area contributed by atoms with Gasteiger partial charge in [-0.05, 0) is 29.1 Å². The van der Waals surface area contributed by atoms with E-state index < -0.39 is 5.82 Å². The van der Waals surface area contributed by atoms with Gasteiger partial charge in [0.25, 0.3) is 0 Å². The lowest BCUT2D eigenvalue weighted by molar-refractivity contribution is -0.128. The van der Waals surface area contributed by atoms with Crippen molar-refractivity contribution in [3.05, 3.63) is 58.0 Å². The van der Waals surface area contributed by atoms with Crippen LogP contribution in [0, 0.1) is 5.82 Å². The molecule has 1 aromatic carbocycles. The fraction of sp³-hybridized carbons (Fsp3) is 0.235. The van der Waals surface area contributed by atoms with Crippen LogP contribution in [0.25, 0.3) is 10.7 Å². The van der Waals surface area contributed by atoms with Crippen LogP contribution in [0.2, 0.25) is 5.02 Å². The SMILES string of the molecule is O=C1CC(c2nc(-c3cccs3)no2)CN1Cc1ccc(F)cc1Cl. The molecule has 3 aromatic rings. The topological polar surface area (TPSA) is 59.2 Å². The van der Waals surface area contributed by atoms with Crippen LogP contribution in [0.4, 0.5) is 4.39 Å². The summed E-state index contributed by atoms with van der Waals surface area (Å²) in [6.07, 6.45) is 0.310. The van der Waals surface area contributed by atoms with Crippen molar-refractivity contribution in [3.63, 3.8) is 0 Å². The van der Waals surface area contributed by atoms with Crippen LogP contribution in [0.5, 0.6) is 0 Å². The second-order valence-corrected chi connectivity index (χ2v) is 7.20. The number of aromatic nitrogens is 2. The largest absolute Gasteiger partial charge is 0.339 e. The Morgan fingerprint density at radius 1 is 1.40 bits per heavy atom. The number of rotatable bonds is 4. The first-order valence-electron chi connectivity index (χ1n) is 7.69. The Morgan fingerprint density at radius 2 is 2.28 bits per heavy atom. The Hall–Kier alpha value is -2.25. The van der Waals surface area contributed by atoms with Gasteiger partial charge in [0.2, 0.25) is 17.6 Å². The Labute approximate surface area is 152 Å². The molecule has 25 heavy (non-hydrogen) atoms. The molecule has 1 amide bonds. The number of benzene rings is 1. The van der Waals surface area contributed by atoms with Gasteiger partial charge < -0.3 is 9.42 Å². The summed E-state index contributed by atoms with van der Waals surface area (Å²) in [7, 11) is 0. The molecule has 0 spiro atoms. The van der Waals surface area contributed by atoms with E-state index in [0.29, 0.717) is 41.8 Å². The smallest absolute Gasteiger partial charge is 0.232 e. The van der Waals surface area contributed by atoms with Gasteiger partial charge in [-0.2, -0.15) is 4.98 Å². The van der Waals surface area contributed by atoms with E-state index in [2.05, 4.69) is 10.1 Å². The van der Waals surface area contributed by atoms with Crippen molar-refractivity contribution in [1.82, 2.24) is 15.0 Å². The van der Waals surface area contributed by atoms with Crippen molar-refractivity contribution < 1.29 is 13.7 Å². The molecular formula is C17H13ClFN3O2S. The van der Waals surface area contributed by atoms with Gasteiger partial charge in [-0.25, -0.2) is 4.39 Å². The molecule has 128 valence electrons. The Morgan fingerprint density at radius 3 is 3.04 bits per heavy atom. The molecule has 0 aliphatic carbocycles. The molecule has 1 unspecified atom stereocenters. The molecule has 1 aliphatic rings. The van der Waals surface area contributed by atoms with E-state index in [9.17, 15) is 9.18 Å². The van der Waals surface area contributed by atoms with E-state index in [4.69, 9.17) is 16.1 Å². The number of hydrogen-bond donors (Lipinski definition) is 0. The van der Waals surface area contributed by atoms with Crippen molar-refractivity contribution in [3.8, 4) is 10.7 Å². The third kappa shape index (κ3) is 3.29. The maximum atomic E-state index is 13.1. The summed E-state index contributed by atoms with van der Waals surface area (Å²) in [6, 6.07) is 8.02. The predicted molar refractivity (Wildman–Crippen MR) is 91.8 cm³/mol. The summed E-state index contributed by atoms with van der Waals surface area (Å²) in [5.41, 5.74) is 0.710. The second-order valence-electron chi connectivity index (χ2n) is 5.84. The summed E-state index contributed by atoms with van der Waals surface area (Å²) in [5, 5.41) is 6.25. The highest BCUT2D eigenvalue weighted by molar-refractivity contribution is 7.13. The molecule has 3 heterocycles. The van der Waals surface area contributed by atoms with Crippen molar-refractivity contribution >= 4 is 28.8 Å². The van der Waals surface area contributed by atoms with Gasteiger partial charge >= 0.3 is 0 Å². The van der Waals surface area contributed by atoms with Crippen molar-refractivity contribution in [2.45, 2.75) is 18.9 Å². The lowest BCUT2D eigenvalue weighted by Crippen LogP contribution is -2.24. The summed E-state index contributed by atoms with van der Waals surface area (Å²) in [4.78, 5) is 19.3. The maximum Gasteiger partial charge on any atom is 0.232 e. The van der Waals surface area contributed by atoms with Crippen molar-refractivity contribution in [1.29, 1.82) is 0 Å². The van der Waals surface area contributed by atoms with Gasteiger partial charge in [0.05, 0.1) is 10.8 Å². The van der Waals surface area contributed by atoms with Gasteiger partial charge in [0.1, 0.15) is 5.82 Å². The minimum Gasteiger partial charge on any atom is -0.339 e. The van der Waals surface area contributed by atoms with E-state index in [1.165, 1.54) is 23.5 Å². The van der Waals surface area contributed by atoms with E-state index in [1.54, 1.807) is 11.0 Å². The second kappa shape index (κ2) is 6.57. The van der Waals surface area contributed by atoms with Crippen LogP contribution in [0.1, 0.15) is 23.8 Å². The first kappa shape index (κ1) is 16.2. The van der Waals surface area contributed by atoms with Gasteiger partial charge in [-0.1, -0.05) is 28.9 Å². The Kier molecular flexibility index (Phi) is 4.27. The number of carbonyl (C=O) groups excluding carboxylic acids is 1. The Balaban J connectivity index is 1.48. The quantitative estimate of drug-likeness (QED) is 0.686. The molecule has 1 aliphatic heterocycles. The van der Waals surface area contributed by atoms with E-state index in [0.717, 1.165) is 4.88 Å². The molecule has 2 aromatic heterocycles. The van der Waals surface area contributed by atoms with Crippen LogP contribution < -0.4 is 0 Å². The highest BCUT2D eigenvalue weighted by atomic mass is 35.5. The molecule has 5 nitrogen and oxygen atoms in total. The first-order chi connectivity index (χ1) is 12.1. The van der Waals surface area contributed by atoms with E-state index in [1.807, 2.05) is 17.5 Å². The predicted octanol–water partition coefficient (Wildman–Crippen LogP) is 4.11. The third-order valence-electron chi connectivity index (χ3n) is 4.12. The fourth-order valence-electron chi connectivity index (χ4n) is 2.85. The van der Waals surface area contributed by atoms with Crippen molar-refractivity contribution in [2.24, 2.45) is 0 Å². The van der Waals surface area contributed by atoms with Crippen LogP contribution in [-0.4, -0.2) is 27.5 Å². The maximum absolute atomic E-state index is 13.1. The lowest BCUT2D eigenvalue weighted by atomic mass is 10.1. The van der Waals surface area contributed by atoms with Gasteiger partial charge in [0.15, 0.2) is 0 Å². The average Bonchev–Trinajstić information content (AvgIpc) is 3.31. The summed E-state index contributed by atoms with van der Waals surface area (Å²) in [5.74, 6) is 0.447. The zero-order valence-corrected chi connectivity index (χ0v) is 14.6. The average molecular weight is 378 g/mol. The summed E-state index contributed by atoms with van der Waals surface area (Å²) >= 11 is 7.58. The molecule has 0 N–H and O–H groups in total. The fourth-order valence-corrected chi connectivity index (χ4v) is 3.73. The van der Waals surface area contributed by atoms with Crippen molar-refractivity contribution in [2.75, 3.05) is 6.54 Å². The standard InChI is InChI=1S/C17H13ClFN3O2S/c18-13-7-12(19)4-3-10(13)8-22-9-11(6-15(22)23)17-20-16(21-24-17)14-2-1-5-25-14/h1-5,7,11H,6,8-9H2. The molecule has 0 saturated carbocycles. The molecule has 4 rings (SSSR count). The minimum atomic E-state index is -0.397. The zero-order chi connectivity index (χ0) is 17.4. The highest BCUT2D eigenvalue weighted by Gasteiger charge is 2.34. The third-order valence-corrected chi connectivity index (χ3v) is 5.34. The number of amides is 1. The van der Waals surface area contributed by atoms with E-state index >= 15 is 0 Å². The number of nitrogens with zero attached hydrogens (tertiary/aromatic N) is 3. The van der Waals surface area contributed by atoms with Crippen LogP contribution in [-0.2, 0) is 11.3 Å². The number of likely N-dealkylation sites (tertiary alicyclic amines) is 1. The number of halogens is 2. The molecule has 0 bridgehead atoms. The summed E-state index contributed by atoms with van der Waals surface area (Å²) < 4.78 is 18.5. The normalized spacial score (nSPS) is 17.4. The minimum absolute atomic E-state index is 0.0127. The molecule has 0 radical (unpaired) electrons. The van der Waals surface area contributed by atoms with Crippen LogP contribution >= 0.6 is 22.9 Å². The van der Waals surface area contributed by atoms with Gasteiger partial charge in [0, 0.05) is 24.5 Å². The van der Waals surface area contributed by atoms with Crippen LogP contribution in [0.15, 0.2) is 40.2 Å². The molecule has 1 atom stereocenters. The number of thiophene rings is 1. The van der Waals surface area contributed by atoms with E-state index in [-0.39, 0.29) is 11.8 Å². The zero-order valence-electron chi connectivity index (χ0n) is 13.0. The first-order valence-corrected chi connectivity index (χ1v) is 8.95. The number of carbonyl (C=O) groups is 1. The summed E-state index contributed by atoms with van der Waals surface area (Å²) in [6.45, 7) is 0.805. The molecule has 8 heteroatoms. The molecular weight excluding hydrogens is 365 g/mol. The molecule has 1 fully saturated rings. The molecule has 1 saturated heterocycles. The lowest BCUT2D eigenvalue weighted by Gasteiger charge is -2.17. The van der Waals surface area contributed by atoms with Gasteiger partial charge in [-0.3, -0.25) is 4.79 Å². The van der Waals surface area contributed by atoms with Crippen LogP contribution in [0.3, 0.4) is 0 Å². The number of hydrogen-bond acceptors (Lipinski definition) is 5. The monoisotopic (exact) mass is 377 g/mol. The highest BCUT2D eigenvalue weighted by Crippen LogP contribution is 2.31. The van der Waals surface area contributed by atoms with Gasteiger partial charge in [-0.15, -0.1) is 11.3 Å².